The summed E-state index contributed by atoms with van der Waals surface area (Å²) >= 11 is 0. The van der Waals surface area contributed by atoms with E-state index in [4.69, 9.17) is 0 Å². The molecule has 3 rings (SSSR count). The van der Waals surface area contributed by atoms with E-state index in [-0.39, 0.29) is 11.3 Å². The van der Waals surface area contributed by atoms with Gasteiger partial charge in [-0.3, -0.25) is 14.8 Å². The number of anilines is 1. The van der Waals surface area contributed by atoms with Crippen molar-refractivity contribution in [3.63, 3.8) is 0 Å². The number of aromatic nitrogens is 2. The molecule has 6 nitrogen and oxygen atoms in total. The van der Waals surface area contributed by atoms with E-state index < -0.39 is 11.0 Å². The third-order valence-corrected chi connectivity index (χ3v) is 4.92. The lowest BCUT2D eigenvalue weighted by Crippen LogP contribution is -2.06. The fourth-order valence-electron chi connectivity index (χ4n) is 2.46. The molecule has 3 N–H and O–H groups in total. The highest BCUT2D eigenvalue weighted by Crippen LogP contribution is 2.14. The SMILES string of the molecule is O.O=C(CCc1cccnc1)Cc1ccc(NS(=O)c2cccnc2)cc1. The van der Waals surface area contributed by atoms with E-state index in [1.165, 1.54) is 0 Å². The summed E-state index contributed by atoms with van der Waals surface area (Å²) in [4.78, 5) is 20.8. The van der Waals surface area contributed by atoms with Gasteiger partial charge in [0, 0.05) is 43.3 Å². The van der Waals surface area contributed by atoms with Crippen molar-refractivity contribution in [1.29, 1.82) is 0 Å². The number of Topliss-reactive ketones (excluding diaryl/α,β-unsaturated/α-hetero) is 1. The van der Waals surface area contributed by atoms with Crippen molar-refractivity contribution in [3.05, 3.63) is 84.4 Å². The Hall–Kier alpha value is -2.90. The Morgan fingerprint density at radius 2 is 1.63 bits per heavy atom. The third kappa shape index (κ3) is 6.40. The molecule has 0 saturated heterocycles. The van der Waals surface area contributed by atoms with Crippen LogP contribution in [0.2, 0.25) is 0 Å². The molecule has 1 atom stereocenters. The summed E-state index contributed by atoms with van der Waals surface area (Å²) in [6.07, 6.45) is 8.32. The molecule has 0 bridgehead atoms. The highest BCUT2D eigenvalue weighted by molar-refractivity contribution is 7.86. The fraction of sp³-hybridized carbons (Fsp3) is 0.150. The van der Waals surface area contributed by atoms with Gasteiger partial charge in [-0.05, 0) is 47.9 Å². The van der Waals surface area contributed by atoms with Crippen LogP contribution in [0.1, 0.15) is 17.5 Å². The highest BCUT2D eigenvalue weighted by Gasteiger charge is 2.07. The molecule has 2 aromatic heterocycles. The van der Waals surface area contributed by atoms with Crippen LogP contribution in [-0.4, -0.2) is 25.4 Å². The summed E-state index contributed by atoms with van der Waals surface area (Å²) in [7, 11) is -1.36. The second-order valence-corrected chi connectivity index (χ2v) is 7.05. The van der Waals surface area contributed by atoms with E-state index in [1.807, 2.05) is 36.4 Å². The maximum Gasteiger partial charge on any atom is 0.151 e. The van der Waals surface area contributed by atoms with Gasteiger partial charge in [-0.15, -0.1) is 0 Å². The molecule has 0 spiro atoms. The van der Waals surface area contributed by atoms with Gasteiger partial charge in [0.1, 0.15) is 5.78 Å². The van der Waals surface area contributed by atoms with Gasteiger partial charge in [0.2, 0.25) is 0 Å². The first kappa shape index (κ1) is 20.4. The van der Waals surface area contributed by atoms with Crippen LogP contribution in [0.5, 0.6) is 0 Å². The van der Waals surface area contributed by atoms with Crippen LogP contribution in [0.4, 0.5) is 5.69 Å². The van der Waals surface area contributed by atoms with Gasteiger partial charge in [0.05, 0.1) is 4.90 Å². The number of rotatable bonds is 8. The summed E-state index contributed by atoms with van der Waals surface area (Å²) in [5.74, 6) is 0.188. The Morgan fingerprint density at radius 3 is 2.26 bits per heavy atom. The molecule has 0 radical (unpaired) electrons. The number of aryl methyl sites for hydroxylation is 1. The normalized spacial score (nSPS) is 11.3. The van der Waals surface area contributed by atoms with Crippen LogP contribution >= 0.6 is 0 Å². The first-order valence-corrected chi connectivity index (χ1v) is 9.44. The van der Waals surface area contributed by atoms with Gasteiger partial charge < -0.3 is 10.2 Å². The van der Waals surface area contributed by atoms with Gasteiger partial charge in [-0.1, -0.05) is 18.2 Å². The maximum atomic E-state index is 12.2. The number of hydrogen-bond acceptors (Lipinski definition) is 4. The average molecular weight is 383 g/mol. The number of nitrogens with one attached hydrogen (secondary N) is 1. The number of nitrogens with zero attached hydrogens (tertiary/aromatic N) is 2. The third-order valence-electron chi connectivity index (χ3n) is 3.83. The first-order chi connectivity index (χ1) is 12.7. The van der Waals surface area contributed by atoms with Gasteiger partial charge in [0.25, 0.3) is 0 Å². The fourth-order valence-corrected chi connectivity index (χ4v) is 3.29. The van der Waals surface area contributed by atoms with Crippen molar-refractivity contribution in [2.75, 3.05) is 4.72 Å². The standard InChI is InChI=1S/C20H19N3O2S.H2O/c24-19(10-7-17-3-1-11-21-14-17)13-16-5-8-18(9-6-16)23-26(25)20-4-2-12-22-15-20;/h1-6,8-9,11-12,14-15,23H,7,10,13H2;1H2. The second kappa shape index (κ2) is 10.3. The van der Waals surface area contributed by atoms with Gasteiger partial charge >= 0.3 is 0 Å². The Labute approximate surface area is 160 Å². The predicted molar refractivity (Wildman–Crippen MR) is 106 cm³/mol. The van der Waals surface area contributed by atoms with Crippen molar-refractivity contribution in [2.45, 2.75) is 24.2 Å². The van der Waals surface area contributed by atoms with Gasteiger partial charge in [0.15, 0.2) is 11.0 Å². The Balaban J connectivity index is 0.00000261. The van der Waals surface area contributed by atoms with Crippen LogP contribution in [0, 0.1) is 0 Å². The molecule has 27 heavy (non-hydrogen) atoms. The van der Waals surface area contributed by atoms with Crippen LogP contribution in [-0.2, 0) is 28.6 Å². The molecule has 2 heterocycles. The van der Waals surface area contributed by atoms with Crippen LogP contribution in [0.15, 0.2) is 78.2 Å². The Morgan fingerprint density at radius 1 is 0.926 bits per heavy atom. The van der Waals surface area contributed by atoms with Crippen molar-refractivity contribution in [1.82, 2.24) is 9.97 Å². The minimum atomic E-state index is -1.36. The van der Waals surface area contributed by atoms with Crippen molar-refractivity contribution in [2.24, 2.45) is 0 Å². The summed E-state index contributed by atoms with van der Waals surface area (Å²) in [6.45, 7) is 0. The van der Waals surface area contributed by atoms with E-state index in [0.717, 1.165) is 16.8 Å². The molecule has 7 heteroatoms. The molecule has 1 unspecified atom stereocenters. The Bertz CT molecular complexity index is 872. The summed E-state index contributed by atoms with van der Waals surface area (Å²) in [5.41, 5.74) is 2.75. The molecule has 0 aliphatic rings. The average Bonchev–Trinajstić information content (AvgIpc) is 2.69. The molecule has 0 amide bonds. The number of carbonyl (C=O) groups excluding carboxylic acids is 1. The number of hydrogen-bond donors (Lipinski definition) is 1. The maximum absolute atomic E-state index is 12.2. The van der Waals surface area contributed by atoms with E-state index in [0.29, 0.717) is 24.2 Å². The topological polar surface area (TPSA) is 103 Å². The molecular weight excluding hydrogens is 362 g/mol. The second-order valence-electron chi connectivity index (χ2n) is 5.83. The molecule has 0 aliphatic heterocycles. The zero-order valence-electron chi connectivity index (χ0n) is 14.7. The molecule has 1 aromatic carbocycles. The summed E-state index contributed by atoms with van der Waals surface area (Å²) < 4.78 is 15.1. The van der Waals surface area contributed by atoms with E-state index >= 15 is 0 Å². The zero-order chi connectivity index (χ0) is 18.2. The van der Waals surface area contributed by atoms with Crippen LogP contribution in [0.3, 0.4) is 0 Å². The number of carbonyl (C=O) groups is 1. The lowest BCUT2D eigenvalue weighted by atomic mass is 10.0. The smallest absolute Gasteiger partial charge is 0.151 e. The minimum Gasteiger partial charge on any atom is -0.412 e. The van der Waals surface area contributed by atoms with Crippen molar-refractivity contribution < 1.29 is 14.5 Å². The first-order valence-electron chi connectivity index (χ1n) is 8.29. The molecule has 3 aromatic rings. The highest BCUT2D eigenvalue weighted by atomic mass is 32.2. The lowest BCUT2D eigenvalue weighted by Gasteiger charge is -2.07. The molecule has 0 aliphatic carbocycles. The number of pyridine rings is 2. The zero-order valence-corrected chi connectivity index (χ0v) is 15.5. The Kier molecular flexibility index (Phi) is 7.79. The van der Waals surface area contributed by atoms with Gasteiger partial charge in [-0.2, -0.15) is 0 Å². The monoisotopic (exact) mass is 383 g/mol. The molecule has 140 valence electrons. The quantitative estimate of drug-likeness (QED) is 0.645. The molecule has 0 fully saturated rings. The van der Waals surface area contributed by atoms with E-state index in [9.17, 15) is 9.00 Å². The van der Waals surface area contributed by atoms with Crippen LogP contribution in [0.25, 0.3) is 0 Å². The molecule has 0 saturated carbocycles. The summed E-state index contributed by atoms with van der Waals surface area (Å²) in [6, 6.07) is 14.8. The summed E-state index contributed by atoms with van der Waals surface area (Å²) in [5, 5.41) is 0. The minimum absolute atomic E-state index is 0. The lowest BCUT2D eigenvalue weighted by molar-refractivity contribution is -0.118. The predicted octanol–water partition coefficient (Wildman–Crippen LogP) is 2.53. The number of benzene rings is 1. The van der Waals surface area contributed by atoms with E-state index in [1.54, 1.807) is 36.9 Å². The molecular formula is C20H21N3O3S. The van der Waals surface area contributed by atoms with Crippen LogP contribution < -0.4 is 4.72 Å². The van der Waals surface area contributed by atoms with Crippen molar-refractivity contribution >= 4 is 22.5 Å². The number of ketones is 1. The van der Waals surface area contributed by atoms with E-state index in [2.05, 4.69) is 14.7 Å². The largest absolute Gasteiger partial charge is 0.412 e. The van der Waals surface area contributed by atoms with Gasteiger partial charge in [-0.25, -0.2) is 4.21 Å². The van der Waals surface area contributed by atoms with Crippen molar-refractivity contribution in [3.8, 4) is 0 Å².